The predicted molar refractivity (Wildman–Crippen MR) is 313 cm³/mol. The molecular formula is C69H56N8O3Si+4. The van der Waals surface area contributed by atoms with Crippen molar-refractivity contribution >= 4 is 18.4 Å². The van der Waals surface area contributed by atoms with E-state index in [0.29, 0.717) is 0 Å². The summed E-state index contributed by atoms with van der Waals surface area (Å²) < 4.78 is 37.1. The highest BCUT2D eigenvalue weighted by Gasteiger charge is 2.44. The number of aromatic nitrogens is 8. The Morgan fingerprint density at radius 2 is 0.975 bits per heavy atom. The van der Waals surface area contributed by atoms with Gasteiger partial charge in [0.15, 0.2) is 65.5 Å². The van der Waals surface area contributed by atoms with Gasteiger partial charge < -0.3 is 14.2 Å². The number of nitrogens with zero attached hydrogens (tertiary/aromatic N) is 8. The van der Waals surface area contributed by atoms with Gasteiger partial charge >= 0.3 is 0 Å². The van der Waals surface area contributed by atoms with Gasteiger partial charge in [0.1, 0.15) is 72.1 Å². The minimum atomic E-state index is -1.68. The number of para-hydroxylation sites is 7. The van der Waals surface area contributed by atoms with E-state index >= 15 is 0 Å². The molecule has 8 aromatic carbocycles. The van der Waals surface area contributed by atoms with Crippen LogP contribution in [0.3, 0.4) is 0 Å². The topological polar surface area (TPSA) is 62.9 Å². The summed E-state index contributed by atoms with van der Waals surface area (Å²) in [4.78, 5) is 0. The van der Waals surface area contributed by atoms with Crippen LogP contribution in [-0.2, 0) is 33.1 Å². The minimum absolute atomic E-state index is 0.911. The van der Waals surface area contributed by atoms with E-state index in [1.165, 1.54) is 90.6 Å². The van der Waals surface area contributed by atoms with Gasteiger partial charge in [0.25, 0.3) is 11.6 Å². The van der Waals surface area contributed by atoms with Gasteiger partial charge in [-0.2, -0.15) is 9.13 Å². The van der Waals surface area contributed by atoms with Gasteiger partial charge in [-0.25, -0.2) is 9.13 Å². The van der Waals surface area contributed by atoms with E-state index in [1.54, 1.807) is 10.4 Å². The van der Waals surface area contributed by atoms with Crippen molar-refractivity contribution in [2.75, 3.05) is 0 Å². The summed E-state index contributed by atoms with van der Waals surface area (Å²) in [6.07, 6.45) is 7.52. The van der Waals surface area contributed by atoms with Crippen LogP contribution in [0.4, 0.5) is 0 Å². The Bertz CT molecular complexity index is 4720. The summed E-state index contributed by atoms with van der Waals surface area (Å²) in [6, 6.07) is 64.0. The van der Waals surface area contributed by atoms with Gasteiger partial charge in [-0.1, -0.05) is 122 Å². The molecule has 0 amide bonds. The first-order chi connectivity index (χ1) is 39.7. The quantitative estimate of drug-likeness (QED) is 0.112. The number of benzene rings is 8. The Morgan fingerprint density at radius 3 is 1.72 bits per heavy atom. The molecule has 20 rings (SSSR count). The number of aryl methyl sites for hydroxylation is 1. The fourth-order valence-electron chi connectivity index (χ4n) is 14.1. The molecule has 0 unspecified atom stereocenters. The maximum Gasteiger partial charge on any atom is 0.299 e. The highest BCUT2D eigenvalue weighted by molar-refractivity contribution is 7.02. The van der Waals surface area contributed by atoms with E-state index < -0.39 is 8.07 Å². The highest BCUT2D eigenvalue weighted by atomic mass is 28.3. The van der Waals surface area contributed by atoms with Crippen LogP contribution in [0.2, 0.25) is 13.1 Å². The predicted octanol–water partition coefficient (Wildman–Crippen LogP) is 11.3. The lowest BCUT2D eigenvalue weighted by Crippen LogP contribution is -2.54. The van der Waals surface area contributed by atoms with Crippen LogP contribution >= 0.6 is 0 Å². The molecule has 0 spiro atoms. The van der Waals surface area contributed by atoms with Gasteiger partial charge in [0.2, 0.25) is 0 Å². The summed E-state index contributed by atoms with van der Waals surface area (Å²) in [7, 11) is 0.441. The van der Waals surface area contributed by atoms with Gasteiger partial charge in [-0.05, 0) is 71.0 Å². The van der Waals surface area contributed by atoms with Crippen molar-refractivity contribution in [1.29, 1.82) is 0 Å². The van der Waals surface area contributed by atoms with Crippen LogP contribution in [0.5, 0.6) is 34.5 Å². The zero-order chi connectivity index (χ0) is 54.0. The summed E-state index contributed by atoms with van der Waals surface area (Å²) in [5.41, 5.74) is 21.7. The molecule has 12 heteroatoms. The number of ether oxygens (including phenoxy) is 3. The number of rotatable bonds is 0. The van der Waals surface area contributed by atoms with Crippen LogP contribution < -0.4 is 43.1 Å². The summed E-state index contributed by atoms with van der Waals surface area (Å²) in [6.45, 7) is 12.2. The van der Waals surface area contributed by atoms with E-state index in [4.69, 9.17) is 14.2 Å². The van der Waals surface area contributed by atoms with Crippen molar-refractivity contribution in [3.8, 4) is 102 Å². The molecule has 8 aliphatic heterocycles. The monoisotopic (exact) mass is 1070 g/mol. The molecule has 11 nitrogen and oxygen atoms in total. The molecule has 0 saturated heterocycles. The number of imidazole rings is 2. The first kappa shape index (κ1) is 46.2. The van der Waals surface area contributed by atoms with Crippen molar-refractivity contribution < 1.29 is 32.7 Å². The molecule has 0 radical (unpaired) electrons. The molecule has 0 atom stereocenters. The Balaban J connectivity index is 0.0000000861. The zero-order valence-corrected chi connectivity index (χ0v) is 46.7. The fraction of sp³-hybridized carbons (Fsp3) is 0.130. The van der Waals surface area contributed by atoms with Crippen LogP contribution in [0, 0.1) is 13.8 Å². The molecule has 4 aromatic heterocycles. The molecule has 8 aliphatic rings. The Kier molecular flexibility index (Phi) is 9.61. The lowest BCUT2D eigenvalue weighted by molar-refractivity contribution is -0.750. The second-order valence-electron chi connectivity index (χ2n) is 22.8. The molecule has 81 heavy (non-hydrogen) atoms. The first-order valence-electron chi connectivity index (χ1n) is 28.0. The van der Waals surface area contributed by atoms with Crippen LogP contribution in [0.15, 0.2) is 201 Å². The standard InChI is InChI=1S/C18H15N2O.C18H17N2Si.C17H13N2O.C16H11N2O/c1-11-12(2)20-14-7-3-4-8-15(14)21-16-9-5-6-13-10-19(11)18(20)17(13)16;1-21(2)16-8-4-3-7-14(16)15-10-11-19-12-13-6-5-9-17(21)18(13)20(15)19;1-18-10-13-12-6-2-3-7-14(12)20-15-8-4-5-11-9-16(18)19(13)17(11)15;1-2-6-14-12(5-1)13-8-9-17-10-11-4-3-7-15(19-14)16(11)18(13)17/h3-9H,10H2,1-2H3;3-11H,12H2,1-2H3;2-8,10H,9H2,1H3;1-9H,10H2/q4*+1. The average Bonchev–Trinajstić information content (AvgIpc) is 2.80. The fourth-order valence-corrected chi connectivity index (χ4v) is 17.2. The third-order valence-electron chi connectivity index (χ3n) is 18.0. The van der Waals surface area contributed by atoms with Crippen molar-refractivity contribution in [2.24, 2.45) is 7.05 Å². The molecule has 0 saturated carbocycles. The molecule has 12 aromatic rings. The van der Waals surface area contributed by atoms with Crippen molar-refractivity contribution in [3.05, 3.63) is 240 Å². The maximum absolute atomic E-state index is 6.22. The van der Waals surface area contributed by atoms with Gasteiger partial charge in [0.05, 0.1) is 24.6 Å². The van der Waals surface area contributed by atoms with E-state index in [9.17, 15) is 0 Å². The smallest absolute Gasteiger partial charge is 0.299 e. The van der Waals surface area contributed by atoms with E-state index in [-0.39, 0.29) is 0 Å². The Labute approximate surface area is 469 Å². The van der Waals surface area contributed by atoms with Crippen molar-refractivity contribution in [2.45, 2.75) is 53.0 Å². The number of hydrogen-bond acceptors (Lipinski definition) is 3. The molecule has 0 fully saturated rings. The van der Waals surface area contributed by atoms with Crippen LogP contribution in [0.1, 0.15) is 39.5 Å². The lowest BCUT2D eigenvalue weighted by Gasteiger charge is -2.24. The molecule has 0 bridgehead atoms. The van der Waals surface area contributed by atoms with Crippen molar-refractivity contribution in [1.82, 2.24) is 18.5 Å². The van der Waals surface area contributed by atoms with Gasteiger partial charge in [-0.15, -0.1) is 18.7 Å². The second kappa shape index (κ2) is 16.9. The maximum atomic E-state index is 6.22. The molecule has 0 N–H and O–H groups in total. The lowest BCUT2D eigenvalue weighted by atomic mass is 10.1. The van der Waals surface area contributed by atoms with E-state index in [2.05, 4.69) is 229 Å². The van der Waals surface area contributed by atoms with E-state index in [0.717, 1.165) is 77.4 Å². The summed E-state index contributed by atoms with van der Waals surface area (Å²) in [5.74, 6) is 8.17. The molecule has 0 aliphatic carbocycles. The summed E-state index contributed by atoms with van der Waals surface area (Å²) in [5, 5.41) is 3.11. The average molecular weight is 1070 g/mol. The van der Waals surface area contributed by atoms with Gasteiger partial charge in [-0.3, -0.25) is 0 Å². The third kappa shape index (κ3) is 6.50. The first-order valence-corrected chi connectivity index (χ1v) is 31.0. The Hall–Kier alpha value is -9.78. The van der Waals surface area contributed by atoms with Crippen molar-refractivity contribution in [3.63, 3.8) is 0 Å². The normalized spacial score (nSPS) is 14.2. The largest absolute Gasteiger partial charge is 0.454 e. The van der Waals surface area contributed by atoms with Gasteiger partial charge in [0, 0.05) is 53.8 Å². The molecular weight excluding hydrogens is 1020 g/mol. The number of hydrogen-bond donors (Lipinski definition) is 0. The third-order valence-corrected chi connectivity index (χ3v) is 21.5. The Morgan fingerprint density at radius 1 is 0.444 bits per heavy atom. The zero-order valence-electron chi connectivity index (χ0n) is 45.7. The minimum Gasteiger partial charge on any atom is -0.454 e. The molecule has 12 heterocycles. The van der Waals surface area contributed by atoms with Crippen LogP contribution in [-0.4, -0.2) is 26.6 Å². The highest BCUT2D eigenvalue weighted by Crippen LogP contribution is 2.48. The summed E-state index contributed by atoms with van der Waals surface area (Å²) >= 11 is 0. The van der Waals surface area contributed by atoms with E-state index in [1.807, 2.05) is 42.5 Å². The second-order valence-corrected chi connectivity index (χ2v) is 27.1. The SMILES string of the molecule is C[Si]1(C)c2ccccc2-c2cc[n+]3n2-c2c(cccc21)C3.C[n+]1cc2n3c1Cc1cccc(c1-3)Oc1ccccc1-2.Cc1c(C)[n+]2c3n1-c1ccccc1Oc1cccc(c1-3)C2.c1ccc2c(c1)Oc1cccc3c1-n1c-2cc[n+]1C3. The van der Waals surface area contributed by atoms with Crippen LogP contribution in [0.25, 0.3) is 67.9 Å². The molecule has 390 valence electrons. The number of fused-ring (bicyclic) bond motifs is 8.